The molecule has 4 aromatic rings. The number of nitriles is 2. The Kier molecular flexibility index (Phi) is 5.44. The van der Waals surface area contributed by atoms with Gasteiger partial charge in [-0.1, -0.05) is 41.9 Å². The lowest BCUT2D eigenvalue weighted by Gasteiger charge is -2.11. The van der Waals surface area contributed by atoms with Crippen LogP contribution in [0.25, 0.3) is 22.5 Å². The molecule has 0 bridgehead atoms. The number of para-hydroxylation sites is 1. The first-order chi connectivity index (χ1) is 14.7. The van der Waals surface area contributed by atoms with E-state index in [0.29, 0.717) is 33.3 Å². The van der Waals surface area contributed by atoms with Crippen molar-refractivity contribution in [3.05, 3.63) is 101 Å². The van der Waals surface area contributed by atoms with E-state index in [0.717, 1.165) is 16.9 Å². The number of pyridine rings is 1. The summed E-state index contributed by atoms with van der Waals surface area (Å²) in [4.78, 5) is 4.68. The third-order valence-electron chi connectivity index (χ3n) is 4.48. The summed E-state index contributed by atoms with van der Waals surface area (Å²) in [6.45, 7) is 0. The molecule has 0 N–H and O–H groups in total. The van der Waals surface area contributed by atoms with Crippen molar-refractivity contribution in [3.63, 3.8) is 0 Å². The van der Waals surface area contributed by atoms with Gasteiger partial charge in [0.15, 0.2) is 0 Å². The summed E-state index contributed by atoms with van der Waals surface area (Å²) in [6.07, 6.45) is 0. The van der Waals surface area contributed by atoms with Crippen LogP contribution in [0.5, 0.6) is 11.5 Å². The molecular formula is C25H14ClN3O. The second-order valence-electron chi connectivity index (χ2n) is 6.46. The van der Waals surface area contributed by atoms with Gasteiger partial charge in [-0.05, 0) is 54.6 Å². The van der Waals surface area contributed by atoms with E-state index in [2.05, 4.69) is 17.1 Å². The highest BCUT2D eigenvalue weighted by atomic mass is 35.5. The number of hydrogen-bond donors (Lipinski definition) is 0. The number of nitrogens with zero attached hydrogens (tertiary/aromatic N) is 3. The van der Waals surface area contributed by atoms with E-state index in [9.17, 15) is 5.26 Å². The van der Waals surface area contributed by atoms with Crippen molar-refractivity contribution < 1.29 is 4.74 Å². The monoisotopic (exact) mass is 407 g/mol. The number of hydrogen-bond acceptors (Lipinski definition) is 4. The highest BCUT2D eigenvalue weighted by molar-refractivity contribution is 6.32. The number of rotatable bonds is 4. The van der Waals surface area contributed by atoms with Gasteiger partial charge in [-0.15, -0.1) is 0 Å². The van der Waals surface area contributed by atoms with E-state index in [-0.39, 0.29) is 0 Å². The highest BCUT2D eigenvalue weighted by Crippen LogP contribution is 2.33. The van der Waals surface area contributed by atoms with Gasteiger partial charge in [0.1, 0.15) is 17.6 Å². The molecule has 0 saturated heterocycles. The second-order valence-corrected chi connectivity index (χ2v) is 6.86. The minimum Gasteiger partial charge on any atom is -0.457 e. The molecule has 0 unspecified atom stereocenters. The zero-order chi connectivity index (χ0) is 20.9. The molecule has 4 rings (SSSR count). The van der Waals surface area contributed by atoms with Gasteiger partial charge in [0, 0.05) is 11.1 Å². The van der Waals surface area contributed by atoms with Gasteiger partial charge in [-0.2, -0.15) is 10.5 Å². The first-order valence-electron chi connectivity index (χ1n) is 9.12. The molecule has 0 atom stereocenters. The Morgan fingerprint density at radius 2 is 1.47 bits per heavy atom. The van der Waals surface area contributed by atoms with Gasteiger partial charge >= 0.3 is 0 Å². The SMILES string of the molecule is N#Cc1cccc(-c2cc(Cl)c(C#N)c(-c3ccc(Oc4ccccc4)cc3)n2)c1. The Bertz CT molecular complexity index is 1290. The van der Waals surface area contributed by atoms with Gasteiger partial charge in [-0.3, -0.25) is 0 Å². The van der Waals surface area contributed by atoms with Crippen LogP contribution in [0.3, 0.4) is 0 Å². The van der Waals surface area contributed by atoms with E-state index < -0.39 is 0 Å². The van der Waals surface area contributed by atoms with Gasteiger partial charge in [-0.25, -0.2) is 4.98 Å². The highest BCUT2D eigenvalue weighted by Gasteiger charge is 2.15. The average molecular weight is 408 g/mol. The fraction of sp³-hybridized carbons (Fsp3) is 0. The Hall–Kier alpha value is -4.12. The normalized spacial score (nSPS) is 10.1. The van der Waals surface area contributed by atoms with Crippen LogP contribution in [0.4, 0.5) is 0 Å². The quantitative estimate of drug-likeness (QED) is 0.382. The fourth-order valence-corrected chi connectivity index (χ4v) is 3.27. The molecule has 142 valence electrons. The van der Waals surface area contributed by atoms with Crippen LogP contribution >= 0.6 is 11.6 Å². The van der Waals surface area contributed by atoms with Crippen LogP contribution in [0.2, 0.25) is 5.02 Å². The van der Waals surface area contributed by atoms with Crippen molar-refractivity contribution in [2.24, 2.45) is 0 Å². The number of benzene rings is 3. The summed E-state index contributed by atoms with van der Waals surface area (Å²) in [5.41, 5.74) is 3.40. The summed E-state index contributed by atoms with van der Waals surface area (Å²) >= 11 is 6.39. The maximum atomic E-state index is 9.61. The fourth-order valence-electron chi connectivity index (χ4n) is 3.03. The average Bonchev–Trinajstić information content (AvgIpc) is 2.80. The molecule has 30 heavy (non-hydrogen) atoms. The third-order valence-corrected chi connectivity index (χ3v) is 4.78. The van der Waals surface area contributed by atoms with Crippen LogP contribution in [0.1, 0.15) is 11.1 Å². The molecule has 0 saturated carbocycles. The van der Waals surface area contributed by atoms with Crippen molar-refractivity contribution in [3.8, 4) is 46.2 Å². The summed E-state index contributed by atoms with van der Waals surface area (Å²) in [7, 11) is 0. The molecule has 1 aromatic heterocycles. The van der Waals surface area contributed by atoms with E-state index in [1.54, 1.807) is 24.3 Å². The Labute approximate surface area is 179 Å². The number of halogens is 1. The molecule has 0 amide bonds. The zero-order valence-corrected chi connectivity index (χ0v) is 16.5. The van der Waals surface area contributed by atoms with Crippen LogP contribution < -0.4 is 4.74 Å². The van der Waals surface area contributed by atoms with Gasteiger partial charge in [0.05, 0.1) is 33.6 Å². The lowest BCUT2D eigenvalue weighted by atomic mass is 10.0. The molecule has 3 aromatic carbocycles. The first-order valence-corrected chi connectivity index (χ1v) is 9.50. The maximum Gasteiger partial charge on any atom is 0.127 e. The van der Waals surface area contributed by atoms with Crippen molar-refractivity contribution in [2.75, 3.05) is 0 Å². The van der Waals surface area contributed by atoms with E-state index >= 15 is 0 Å². The molecule has 0 aliphatic heterocycles. The minimum atomic E-state index is 0.300. The lowest BCUT2D eigenvalue weighted by Crippen LogP contribution is -1.95. The van der Waals surface area contributed by atoms with E-state index in [1.807, 2.05) is 60.7 Å². The zero-order valence-electron chi connectivity index (χ0n) is 15.7. The maximum absolute atomic E-state index is 9.61. The van der Waals surface area contributed by atoms with Crippen LogP contribution in [-0.4, -0.2) is 4.98 Å². The van der Waals surface area contributed by atoms with E-state index in [4.69, 9.17) is 21.6 Å². The van der Waals surface area contributed by atoms with Crippen LogP contribution in [0.15, 0.2) is 84.9 Å². The molecular weight excluding hydrogens is 394 g/mol. The summed E-state index contributed by atoms with van der Waals surface area (Å²) < 4.78 is 5.83. The molecule has 0 aliphatic carbocycles. The molecule has 5 heteroatoms. The van der Waals surface area contributed by atoms with Crippen molar-refractivity contribution in [2.45, 2.75) is 0 Å². The lowest BCUT2D eigenvalue weighted by molar-refractivity contribution is 0.483. The van der Waals surface area contributed by atoms with Crippen molar-refractivity contribution in [1.29, 1.82) is 10.5 Å². The smallest absolute Gasteiger partial charge is 0.127 e. The predicted octanol–water partition coefficient (Wildman–Crippen LogP) is 6.60. The van der Waals surface area contributed by atoms with Crippen molar-refractivity contribution in [1.82, 2.24) is 4.98 Å². The molecule has 0 spiro atoms. The molecule has 0 aliphatic rings. The van der Waals surface area contributed by atoms with Crippen LogP contribution in [-0.2, 0) is 0 Å². The molecule has 0 radical (unpaired) electrons. The summed E-state index contributed by atoms with van der Waals surface area (Å²) in [5, 5.41) is 19.1. The van der Waals surface area contributed by atoms with Gasteiger partial charge < -0.3 is 4.74 Å². The minimum absolute atomic E-state index is 0.300. The van der Waals surface area contributed by atoms with Crippen molar-refractivity contribution >= 4 is 11.6 Å². The Balaban J connectivity index is 1.73. The Morgan fingerprint density at radius 3 is 2.17 bits per heavy atom. The molecule has 0 fully saturated rings. The van der Waals surface area contributed by atoms with Gasteiger partial charge in [0.2, 0.25) is 0 Å². The van der Waals surface area contributed by atoms with Gasteiger partial charge in [0.25, 0.3) is 0 Å². The number of aromatic nitrogens is 1. The standard InChI is InChI=1S/C25H14ClN3O/c26-23-14-24(19-6-4-5-17(13-19)15-27)29-25(22(23)16-28)18-9-11-21(12-10-18)30-20-7-2-1-3-8-20/h1-14H. The first kappa shape index (κ1) is 19.2. The summed E-state index contributed by atoms with van der Waals surface area (Å²) in [5.74, 6) is 1.41. The molecule has 1 heterocycles. The second kappa shape index (κ2) is 8.49. The third kappa shape index (κ3) is 4.00. The number of ether oxygens (including phenoxy) is 1. The largest absolute Gasteiger partial charge is 0.457 e. The molecule has 4 nitrogen and oxygen atoms in total. The summed E-state index contributed by atoms with van der Waals surface area (Å²) in [6, 6.07) is 29.8. The topological polar surface area (TPSA) is 69.7 Å². The van der Waals surface area contributed by atoms with E-state index in [1.165, 1.54) is 0 Å². The predicted molar refractivity (Wildman–Crippen MR) is 116 cm³/mol. The van der Waals surface area contributed by atoms with Crippen LogP contribution in [0, 0.1) is 22.7 Å². The Morgan fingerprint density at radius 1 is 0.733 bits per heavy atom.